The van der Waals surface area contributed by atoms with E-state index in [4.69, 9.17) is 15.7 Å². The second-order valence-electron chi connectivity index (χ2n) is 7.12. The van der Waals surface area contributed by atoms with Gasteiger partial charge in [-0.2, -0.15) is 0 Å². The van der Waals surface area contributed by atoms with Crippen molar-refractivity contribution in [2.45, 2.75) is 65.2 Å². The highest BCUT2D eigenvalue weighted by atomic mass is 15.0. The number of aliphatic imine (C=N–C) groups is 1. The Kier molecular flexibility index (Phi) is 5.47. The van der Waals surface area contributed by atoms with Crippen LogP contribution in [-0.4, -0.2) is 15.8 Å². The number of aromatic nitrogens is 2. The Morgan fingerprint density at radius 2 is 1.68 bits per heavy atom. The molecule has 0 atom stereocenters. The second-order valence-corrected chi connectivity index (χ2v) is 7.12. The summed E-state index contributed by atoms with van der Waals surface area (Å²) in [5, 5.41) is 0. The highest BCUT2D eigenvalue weighted by Gasteiger charge is 2.19. The van der Waals surface area contributed by atoms with Crippen LogP contribution >= 0.6 is 0 Å². The zero-order valence-electron chi connectivity index (χ0n) is 15.5. The molecule has 4 nitrogen and oxygen atoms in total. The van der Waals surface area contributed by atoms with Crippen LogP contribution < -0.4 is 5.73 Å². The Hall–Kier alpha value is -2.23. The van der Waals surface area contributed by atoms with Crippen molar-refractivity contribution in [3.8, 4) is 0 Å². The molecule has 4 heteroatoms. The second kappa shape index (κ2) is 7.77. The van der Waals surface area contributed by atoms with Gasteiger partial charge in [-0.3, -0.25) is 0 Å². The number of hydrogen-bond donors (Lipinski definition) is 1. The maximum atomic E-state index is 6.29. The number of rotatable bonds is 3. The molecule has 1 saturated carbocycles. The van der Waals surface area contributed by atoms with E-state index in [2.05, 4.69) is 4.99 Å². The zero-order valence-corrected chi connectivity index (χ0v) is 15.5. The van der Waals surface area contributed by atoms with Crippen LogP contribution in [0.2, 0.25) is 0 Å². The molecule has 25 heavy (non-hydrogen) atoms. The summed E-state index contributed by atoms with van der Waals surface area (Å²) in [6, 6.07) is 8.05. The van der Waals surface area contributed by atoms with Crippen LogP contribution in [0.5, 0.6) is 0 Å². The third-order valence-corrected chi connectivity index (χ3v) is 5.25. The van der Waals surface area contributed by atoms with Gasteiger partial charge in [-0.1, -0.05) is 49.9 Å². The molecule has 1 aromatic heterocycles. The third kappa shape index (κ3) is 4.06. The van der Waals surface area contributed by atoms with Gasteiger partial charge < -0.3 is 5.73 Å². The molecular weight excluding hydrogens is 308 g/mol. The van der Waals surface area contributed by atoms with E-state index in [1.165, 1.54) is 38.5 Å². The van der Waals surface area contributed by atoms with Crippen LogP contribution in [0.25, 0.3) is 0 Å². The lowest BCUT2D eigenvalue weighted by Gasteiger charge is -2.15. The lowest BCUT2D eigenvalue weighted by Crippen LogP contribution is -2.15. The first-order valence-corrected chi connectivity index (χ1v) is 9.31. The molecule has 0 saturated heterocycles. The molecule has 0 spiro atoms. The van der Waals surface area contributed by atoms with Crippen molar-refractivity contribution in [3.63, 3.8) is 0 Å². The zero-order chi connectivity index (χ0) is 17.8. The van der Waals surface area contributed by atoms with E-state index >= 15 is 0 Å². The van der Waals surface area contributed by atoms with Gasteiger partial charge in [0, 0.05) is 22.7 Å². The molecule has 1 aliphatic rings. The first-order valence-electron chi connectivity index (χ1n) is 9.31. The van der Waals surface area contributed by atoms with Crippen molar-refractivity contribution in [2.75, 3.05) is 0 Å². The molecule has 1 aromatic carbocycles. The van der Waals surface area contributed by atoms with Crippen molar-refractivity contribution in [3.05, 3.63) is 52.5 Å². The monoisotopic (exact) mass is 336 g/mol. The Bertz CT molecular complexity index is 771. The quantitative estimate of drug-likeness (QED) is 0.494. The number of amidine groups is 1. The average molecular weight is 336 g/mol. The number of benzene rings is 1. The highest BCUT2D eigenvalue weighted by molar-refractivity contribution is 6.00. The fourth-order valence-electron chi connectivity index (χ4n) is 3.50. The molecule has 2 aromatic rings. The summed E-state index contributed by atoms with van der Waals surface area (Å²) in [7, 11) is 0. The van der Waals surface area contributed by atoms with E-state index in [0.29, 0.717) is 17.6 Å². The van der Waals surface area contributed by atoms with Crippen molar-refractivity contribution in [1.82, 2.24) is 9.97 Å². The van der Waals surface area contributed by atoms with Crippen molar-refractivity contribution >= 4 is 11.7 Å². The van der Waals surface area contributed by atoms with E-state index in [9.17, 15) is 0 Å². The SMILES string of the molecule is Cc1ccccc1C(N)=Nc1nc(C2CCCCCC2)nc(C)c1C. The van der Waals surface area contributed by atoms with Gasteiger partial charge in [0.05, 0.1) is 0 Å². The van der Waals surface area contributed by atoms with Crippen LogP contribution in [0.4, 0.5) is 5.82 Å². The Morgan fingerprint density at radius 3 is 2.36 bits per heavy atom. The molecular formula is C21H28N4. The Labute approximate surface area is 150 Å². The van der Waals surface area contributed by atoms with Gasteiger partial charge >= 0.3 is 0 Å². The largest absolute Gasteiger partial charge is 0.383 e. The molecule has 0 amide bonds. The molecule has 0 unspecified atom stereocenters. The van der Waals surface area contributed by atoms with Gasteiger partial charge in [-0.15, -0.1) is 0 Å². The van der Waals surface area contributed by atoms with Crippen LogP contribution in [0, 0.1) is 20.8 Å². The first-order chi connectivity index (χ1) is 12.1. The van der Waals surface area contributed by atoms with E-state index in [-0.39, 0.29) is 0 Å². The topological polar surface area (TPSA) is 64.2 Å². The van der Waals surface area contributed by atoms with E-state index in [1.807, 2.05) is 45.0 Å². The number of hydrogen-bond acceptors (Lipinski definition) is 3. The molecule has 1 aliphatic carbocycles. The van der Waals surface area contributed by atoms with Crippen molar-refractivity contribution in [2.24, 2.45) is 10.7 Å². The smallest absolute Gasteiger partial charge is 0.161 e. The van der Waals surface area contributed by atoms with Crippen molar-refractivity contribution in [1.29, 1.82) is 0 Å². The van der Waals surface area contributed by atoms with Crippen LogP contribution in [0.3, 0.4) is 0 Å². The maximum absolute atomic E-state index is 6.29. The minimum absolute atomic E-state index is 0.454. The predicted octanol–water partition coefficient (Wildman–Crippen LogP) is 4.88. The van der Waals surface area contributed by atoms with Gasteiger partial charge in [0.15, 0.2) is 5.82 Å². The minimum atomic E-state index is 0.454. The van der Waals surface area contributed by atoms with Gasteiger partial charge in [0.1, 0.15) is 11.7 Å². The molecule has 1 fully saturated rings. The Morgan fingerprint density at radius 1 is 1.00 bits per heavy atom. The van der Waals surface area contributed by atoms with Crippen LogP contribution in [0.15, 0.2) is 29.3 Å². The van der Waals surface area contributed by atoms with Crippen LogP contribution in [0.1, 0.15) is 72.7 Å². The average Bonchev–Trinajstić information content (AvgIpc) is 2.88. The minimum Gasteiger partial charge on any atom is -0.383 e. The molecule has 2 N–H and O–H groups in total. The van der Waals surface area contributed by atoms with E-state index in [1.54, 1.807) is 0 Å². The fraction of sp³-hybridized carbons (Fsp3) is 0.476. The van der Waals surface area contributed by atoms with Crippen LogP contribution in [-0.2, 0) is 0 Å². The van der Waals surface area contributed by atoms with Crippen molar-refractivity contribution < 1.29 is 0 Å². The summed E-state index contributed by atoms with van der Waals surface area (Å²) in [5.41, 5.74) is 10.4. The lowest BCUT2D eigenvalue weighted by atomic mass is 9.99. The predicted molar refractivity (Wildman–Crippen MR) is 104 cm³/mol. The lowest BCUT2D eigenvalue weighted by molar-refractivity contribution is 0.558. The summed E-state index contributed by atoms with van der Waals surface area (Å²) in [5.74, 6) is 2.63. The van der Waals surface area contributed by atoms with Gasteiger partial charge in [-0.25, -0.2) is 15.0 Å². The summed E-state index contributed by atoms with van der Waals surface area (Å²) in [6.07, 6.45) is 7.55. The molecule has 3 rings (SSSR count). The third-order valence-electron chi connectivity index (χ3n) is 5.25. The van der Waals surface area contributed by atoms with Gasteiger partial charge in [0.25, 0.3) is 0 Å². The molecule has 0 radical (unpaired) electrons. The fourth-order valence-corrected chi connectivity index (χ4v) is 3.50. The normalized spacial score (nSPS) is 16.7. The van der Waals surface area contributed by atoms with Gasteiger partial charge in [0.2, 0.25) is 0 Å². The molecule has 132 valence electrons. The number of nitrogens with zero attached hydrogens (tertiary/aromatic N) is 3. The molecule has 1 heterocycles. The molecule has 0 bridgehead atoms. The number of nitrogens with two attached hydrogens (primary N) is 1. The maximum Gasteiger partial charge on any atom is 0.161 e. The summed E-state index contributed by atoms with van der Waals surface area (Å²) < 4.78 is 0. The van der Waals surface area contributed by atoms with Gasteiger partial charge in [-0.05, 0) is 39.2 Å². The summed E-state index contributed by atoms with van der Waals surface area (Å²) >= 11 is 0. The standard InChI is InChI=1S/C21H28N4/c1-14-10-8-9-13-18(14)19(22)24-20-15(2)16(3)23-21(25-20)17-11-6-4-5-7-12-17/h8-10,13,17H,4-7,11-12H2,1-3H3,(H2,22,23,24,25). The summed E-state index contributed by atoms with van der Waals surface area (Å²) in [6.45, 7) is 6.11. The summed E-state index contributed by atoms with van der Waals surface area (Å²) in [4.78, 5) is 14.3. The Balaban J connectivity index is 1.98. The molecule has 0 aliphatic heterocycles. The highest BCUT2D eigenvalue weighted by Crippen LogP contribution is 2.31. The van der Waals surface area contributed by atoms with E-state index < -0.39 is 0 Å². The number of aryl methyl sites for hydroxylation is 2. The van der Waals surface area contributed by atoms with E-state index in [0.717, 1.165) is 28.2 Å². The first kappa shape index (κ1) is 17.6.